The molecule has 3 nitrogen and oxygen atoms in total. The van der Waals surface area contributed by atoms with Crippen molar-refractivity contribution in [3.05, 3.63) is 64.2 Å². The van der Waals surface area contributed by atoms with Crippen LogP contribution in [0.15, 0.2) is 36.4 Å². The lowest BCUT2D eigenvalue weighted by atomic mass is 10.00. The quantitative estimate of drug-likeness (QED) is 0.907. The summed E-state index contributed by atoms with van der Waals surface area (Å²) in [5.74, 6) is -0.347. The number of ether oxygens (including phenoxy) is 1. The molecule has 1 atom stereocenters. The van der Waals surface area contributed by atoms with Crippen molar-refractivity contribution in [1.29, 1.82) is 0 Å². The largest absolute Gasteiger partial charge is 0.478 e. The van der Waals surface area contributed by atoms with Crippen LogP contribution in [0.3, 0.4) is 0 Å². The summed E-state index contributed by atoms with van der Waals surface area (Å²) in [6.07, 6.45) is -0.530. The monoisotopic (exact) mass is 298 g/mol. The molecule has 3 heteroatoms. The minimum absolute atomic E-state index is 0.357. The number of aryl methyl sites for hydroxylation is 4. The molecule has 2 aromatic carbocycles. The van der Waals surface area contributed by atoms with Gasteiger partial charge < -0.3 is 9.84 Å². The highest BCUT2D eigenvalue weighted by molar-refractivity contribution is 5.73. The third-order valence-electron chi connectivity index (χ3n) is 3.94. The van der Waals surface area contributed by atoms with Gasteiger partial charge in [0.05, 0.1) is 0 Å². The summed E-state index contributed by atoms with van der Waals surface area (Å²) in [7, 11) is 0. The molecular weight excluding hydrogens is 276 g/mol. The smallest absolute Gasteiger partial charge is 0.345 e. The number of rotatable bonds is 5. The molecule has 0 radical (unpaired) electrons. The molecular formula is C19H22O3. The van der Waals surface area contributed by atoms with Crippen molar-refractivity contribution in [2.75, 3.05) is 0 Å². The molecule has 2 aromatic rings. The molecule has 0 aromatic heterocycles. The SMILES string of the molecule is Cc1ccc(C)c(C[C@@H](Oc2ccc(C)c(C)c2)C(=O)O)c1. The lowest BCUT2D eigenvalue weighted by molar-refractivity contribution is -0.145. The van der Waals surface area contributed by atoms with Crippen LogP contribution in [0, 0.1) is 27.7 Å². The minimum atomic E-state index is -0.945. The van der Waals surface area contributed by atoms with Crippen LogP contribution in [-0.2, 0) is 11.2 Å². The Bertz CT molecular complexity index is 689. The number of benzene rings is 2. The molecule has 0 aliphatic rings. The summed E-state index contributed by atoms with van der Waals surface area (Å²) in [6, 6.07) is 11.7. The highest BCUT2D eigenvalue weighted by Crippen LogP contribution is 2.20. The Morgan fingerprint density at radius 2 is 1.68 bits per heavy atom. The fourth-order valence-electron chi connectivity index (χ4n) is 2.35. The van der Waals surface area contributed by atoms with Gasteiger partial charge in [0, 0.05) is 6.42 Å². The van der Waals surface area contributed by atoms with Crippen LogP contribution in [0.4, 0.5) is 0 Å². The highest BCUT2D eigenvalue weighted by Gasteiger charge is 2.21. The topological polar surface area (TPSA) is 46.5 Å². The Morgan fingerprint density at radius 1 is 1.00 bits per heavy atom. The van der Waals surface area contributed by atoms with Gasteiger partial charge in [-0.1, -0.05) is 29.8 Å². The molecule has 0 amide bonds. The van der Waals surface area contributed by atoms with Gasteiger partial charge in [-0.05, 0) is 62.1 Å². The van der Waals surface area contributed by atoms with E-state index >= 15 is 0 Å². The maximum Gasteiger partial charge on any atom is 0.345 e. The molecule has 0 aliphatic heterocycles. The highest BCUT2D eigenvalue weighted by atomic mass is 16.5. The summed E-state index contributed by atoms with van der Waals surface area (Å²) in [6.45, 7) is 8.00. The Kier molecular flexibility index (Phi) is 4.86. The summed E-state index contributed by atoms with van der Waals surface area (Å²) in [5.41, 5.74) is 5.47. The van der Waals surface area contributed by atoms with E-state index in [1.54, 1.807) is 0 Å². The number of aliphatic carboxylic acids is 1. The maximum atomic E-state index is 11.5. The predicted molar refractivity (Wildman–Crippen MR) is 87.6 cm³/mol. The molecule has 0 heterocycles. The first-order valence-corrected chi connectivity index (χ1v) is 7.39. The first-order valence-electron chi connectivity index (χ1n) is 7.39. The molecule has 0 bridgehead atoms. The first-order chi connectivity index (χ1) is 10.4. The lowest BCUT2D eigenvalue weighted by Crippen LogP contribution is -2.29. The average molecular weight is 298 g/mol. The van der Waals surface area contributed by atoms with Crippen molar-refractivity contribution in [2.45, 2.75) is 40.2 Å². The maximum absolute atomic E-state index is 11.5. The zero-order chi connectivity index (χ0) is 16.3. The Labute approximate surface area is 131 Å². The average Bonchev–Trinajstić information content (AvgIpc) is 2.45. The summed E-state index contributed by atoms with van der Waals surface area (Å²) in [5, 5.41) is 9.45. The van der Waals surface area contributed by atoms with Crippen molar-refractivity contribution >= 4 is 5.97 Å². The van der Waals surface area contributed by atoms with Crippen molar-refractivity contribution in [3.63, 3.8) is 0 Å². The summed E-state index contributed by atoms with van der Waals surface area (Å²) >= 11 is 0. The Balaban J connectivity index is 2.21. The standard InChI is InChI=1S/C19H22O3/c1-12-5-6-14(3)16(9-12)11-18(19(20)21)22-17-8-7-13(2)15(4)10-17/h5-10,18H,11H2,1-4H3,(H,20,21)/t18-/m1/s1. The Hall–Kier alpha value is -2.29. The summed E-state index contributed by atoms with van der Waals surface area (Å²) < 4.78 is 5.71. The third kappa shape index (κ3) is 3.88. The molecule has 0 saturated heterocycles. The van der Waals surface area contributed by atoms with E-state index in [9.17, 15) is 9.90 Å². The first kappa shape index (κ1) is 16.1. The molecule has 0 saturated carbocycles. The number of hydrogen-bond acceptors (Lipinski definition) is 2. The van der Waals surface area contributed by atoms with Crippen LogP contribution in [0.25, 0.3) is 0 Å². The van der Waals surface area contributed by atoms with E-state index in [4.69, 9.17) is 4.74 Å². The second-order valence-corrected chi connectivity index (χ2v) is 5.82. The van der Waals surface area contributed by atoms with Gasteiger partial charge in [0.2, 0.25) is 0 Å². The van der Waals surface area contributed by atoms with Gasteiger partial charge in [0.15, 0.2) is 6.10 Å². The van der Waals surface area contributed by atoms with Crippen LogP contribution >= 0.6 is 0 Å². The van der Waals surface area contributed by atoms with Gasteiger partial charge in [-0.3, -0.25) is 0 Å². The second-order valence-electron chi connectivity index (χ2n) is 5.82. The van der Waals surface area contributed by atoms with E-state index in [1.165, 1.54) is 0 Å². The fourth-order valence-corrected chi connectivity index (χ4v) is 2.35. The van der Waals surface area contributed by atoms with E-state index < -0.39 is 12.1 Å². The normalized spacial score (nSPS) is 12.0. The molecule has 0 aliphatic carbocycles. The van der Waals surface area contributed by atoms with Crippen LogP contribution in [-0.4, -0.2) is 17.2 Å². The number of carboxylic acids is 1. The number of carbonyl (C=O) groups is 1. The zero-order valence-electron chi connectivity index (χ0n) is 13.5. The zero-order valence-corrected chi connectivity index (χ0v) is 13.5. The van der Waals surface area contributed by atoms with Gasteiger partial charge in [-0.15, -0.1) is 0 Å². The van der Waals surface area contributed by atoms with E-state index in [1.807, 2.05) is 64.1 Å². The van der Waals surface area contributed by atoms with Crippen molar-refractivity contribution in [1.82, 2.24) is 0 Å². The predicted octanol–water partition coefficient (Wildman–Crippen LogP) is 3.99. The van der Waals surface area contributed by atoms with Crippen LogP contribution in [0.2, 0.25) is 0 Å². The van der Waals surface area contributed by atoms with Gasteiger partial charge in [-0.25, -0.2) is 4.79 Å². The van der Waals surface area contributed by atoms with Crippen LogP contribution < -0.4 is 4.74 Å². The van der Waals surface area contributed by atoms with E-state index in [0.717, 1.165) is 27.8 Å². The second kappa shape index (κ2) is 6.65. The van der Waals surface area contributed by atoms with Gasteiger partial charge in [0.25, 0.3) is 0 Å². The van der Waals surface area contributed by atoms with E-state index in [2.05, 4.69) is 0 Å². The molecule has 0 spiro atoms. The van der Waals surface area contributed by atoms with Crippen molar-refractivity contribution < 1.29 is 14.6 Å². The number of hydrogen-bond donors (Lipinski definition) is 1. The summed E-state index contributed by atoms with van der Waals surface area (Å²) in [4.78, 5) is 11.5. The van der Waals surface area contributed by atoms with E-state index in [-0.39, 0.29) is 0 Å². The van der Waals surface area contributed by atoms with Gasteiger partial charge >= 0.3 is 5.97 Å². The van der Waals surface area contributed by atoms with Crippen molar-refractivity contribution in [3.8, 4) is 5.75 Å². The van der Waals surface area contributed by atoms with Crippen LogP contribution in [0.5, 0.6) is 5.75 Å². The molecule has 2 rings (SSSR count). The van der Waals surface area contributed by atoms with Crippen molar-refractivity contribution in [2.24, 2.45) is 0 Å². The molecule has 0 unspecified atom stereocenters. The molecule has 0 fully saturated rings. The van der Waals surface area contributed by atoms with Crippen LogP contribution in [0.1, 0.15) is 27.8 Å². The third-order valence-corrected chi connectivity index (χ3v) is 3.94. The molecule has 116 valence electrons. The van der Waals surface area contributed by atoms with E-state index in [0.29, 0.717) is 12.2 Å². The molecule has 22 heavy (non-hydrogen) atoms. The Morgan fingerprint density at radius 3 is 2.32 bits per heavy atom. The fraction of sp³-hybridized carbons (Fsp3) is 0.316. The minimum Gasteiger partial charge on any atom is -0.478 e. The lowest BCUT2D eigenvalue weighted by Gasteiger charge is -2.17. The van der Waals surface area contributed by atoms with Gasteiger partial charge in [0.1, 0.15) is 5.75 Å². The van der Waals surface area contributed by atoms with Gasteiger partial charge in [-0.2, -0.15) is 0 Å². The number of carboxylic acid groups (broad SMARTS) is 1. The molecule has 1 N–H and O–H groups in total.